The van der Waals surface area contributed by atoms with Gasteiger partial charge in [-0.05, 0) is 0 Å². The van der Waals surface area contributed by atoms with E-state index >= 15 is 0 Å². The number of halogens is 1. The molecule has 0 bridgehead atoms. The molecule has 0 saturated carbocycles. The van der Waals surface area contributed by atoms with E-state index in [1.807, 2.05) is 36.4 Å². The predicted molar refractivity (Wildman–Crippen MR) is 42.2 cm³/mol. The Balaban J connectivity index is 0.000000222. The van der Waals surface area contributed by atoms with Crippen LogP contribution in [-0.4, -0.2) is 9.55 Å². The van der Waals surface area contributed by atoms with Crippen molar-refractivity contribution < 1.29 is 0 Å². The van der Waals surface area contributed by atoms with E-state index in [1.54, 1.807) is 0 Å². The largest absolute Gasteiger partial charge is 0.181 e. The molecule has 0 aliphatic heterocycles. The Bertz CT molecular complexity index is 80.5. The fraction of sp³-hybridized carbons (Fsp3) is 0. The zero-order valence-corrected chi connectivity index (χ0v) is 7.60. The number of benzene rings is 1. The summed E-state index contributed by atoms with van der Waals surface area (Å²) >= 11 is 4.78. The van der Waals surface area contributed by atoms with Crippen LogP contribution in [0.15, 0.2) is 36.4 Å². The zero-order valence-electron chi connectivity index (χ0n) is 4.84. The van der Waals surface area contributed by atoms with Crippen LogP contribution in [0.1, 0.15) is 0 Å². The van der Waals surface area contributed by atoms with Gasteiger partial charge in [0.25, 0.3) is 0 Å². The molecule has 0 saturated heterocycles. The Morgan fingerprint density at radius 2 is 0.750 bits per heavy atom. The van der Waals surface area contributed by atoms with Gasteiger partial charge < -0.3 is 0 Å². The smallest absolute Gasteiger partial charge is 0.109 e. The highest BCUT2D eigenvalue weighted by molar-refractivity contribution is 6.80. The van der Waals surface area contributed by atoms with Crippen LogP contribution in [0.25, 0.3) is 0 Å². The van der Waals surface area contributed by atoms with Gasteiger partial charge in [0, 0.05) is 0 Å². The molecule has 0 aliphatic rings. The van der Waals surface area contributed by atoms with Gasteiger partial charge in [-0.3, -0.25) is 0 Å². The van der Waals surface area contributed by atoms with Crippen molar-refractivity contribution in [3.8, 4) is 0 Å². The van der Waals surface area contributed by atoms with Gasteiger partial charge in [-0.15, -0.1) is 0 Å². The third kappa shape index (κ3) is 3.90. The summed E-state index contributed by atoms with van der Waals surface area (Å²) in [6.45, 7) is 0. The minimum atomic E-state index is 0.778. The quantitative estimate of drug-likeness (QED) is 0.379. The molecule has 2 heteroatoms. The van der Waals surface area contributed by atoms with E-state index in [0.29, 0.717) is 0 Å². The van der Waals surface area contributed by atoms with Gasteiger partial charge in [0.2, 0.25) is 0 Å². The first kappa shape index (κ1) is 7.73. The maximum Gasteiger partial charge on any atom is 0.109 e. The van der Waals surface area contributed by atoms with Crippen LogP contribution in [0.3, 0.4) is 0 Å². The Kier molecular flexibility index (Phi) is 6.50. The minimum Gasteiger partial charge on any atom is -0.181 e. The van der Waals surface area contributed by atoms with Crippen molar-refractivity contribution in [1.29, 1.82) is 0 Å². The zero-order chi connectivity index (χ0) is 6.24. The van der Waals surface area contributed by atoms with Crippen molar-refractivity contribution in [2.24, 2.45) is 0 Å². The lowest BCUT2D eigenvalue weighted by Gasteiger charge is -1.69. The van der Waals surface area contributed by atoms with Crippen LogP contribution in [-0.2, 0) is 0 Å². The molecular weight excluding hydrogens is 136 g/mol. The molecule has 0 atom stereocenters. The summed E-state index contributed by atoms with van der Waals surface area (Å²) in [4.78, 5) is 0. The summed E-state index contributed by atoms with van der Waals surface area (Å²) in [6, 6.07) is 12.0. The van der Waals surface area contributed by atoms with Gasteiger partial charge in [0.05, 0.1) is 0 Å². The Hall–Kier alpha value is -0.273. The third-order valence-electron chi connectivity index (χ3n) is 0.667. The van der Waals surface area contributed by atoms with E-state index in [4.69, 9.17) is 11.1 Å². The van der Waals surface area contributed by atoms with Crippen molar-refractivity contribution >= 4 is 20.6 Å². The van der Waals surface area contributed by atoms with Gasteiger partial charge >= 0.3 is 0 Å². The van der Waals surface area contributed by atoms with Crippen molar-refractivity contribution in [3.63, 3.8) is 0 Å². The van der Waals surface area contributed by atoms with Gasteiger partial charge in [0.15, 0.2) is 0 Å². The van der Waals surface area contributed by atoms with Crippen LogP contribution in [0.2, 0.25) is 0 Å². The number of hydrogen-bond donors (Lipinski definition) is 0. The Morgan fingerprint density at radius 3 is 0.875 bits per heavy atom. The van der Waals surface area contributed by atoms with Gasteiger partial charge in [-0.25, -0.2) is 0 Å². The van der Waals surface area contributed by atoms with E-state index in [-0.39, 0.29) is 0 Å². The molecule has 1 rings (SSSR count). The normalized spacial score (nSPS) is 7.12. The molecule has 0 unspecified atom stereocenters. The van der Waals surface area contributed by atoms with E-state index in [9.17, 15) is 0 Å². The number of rotatable bonds is 0. The highest BCUT2D eigenvalue weighted by Crippen LogP contribution is 1.79. The monoisotopic (exact) mass is 144 g/mol. The molecule has 1 aromatic carbocycles. The van der Waals surface area contributed by atoms with Crippen molar-refractivity contribution in [2.75, 3.05) is 0 Å². The van der Waals surface area contributed by atoms with Gasteiger partial charge in [0.1, 0.15) is 9.55 Å². The first-order chi connectivity index (χ1) is 4.00. The molecule has 0 nitrogen and oxygen atoms in total. The molecule has 0 spiro atoms. The first-order valence-corrected chi connectivity index (χ1v) is 5.40. The molecule has 8 heavy (non-hydrogen) atoms. The molecule has 1 aromatic rings. The molecular formula is C6H9ClSi. The minimum absolute atomic E-state index is 0.778. The third-order valence-corrected chi connectivity index (χ3v) is 0.667. The highest BCUT2D eigenvalue weighted by Gasteiger charge is 1.57. The molecule has 0 fully saturated rings. The Labute approximate surface area is 57.6 Å². The summed E-state index contributed by atoms with van der Waals surface area (Å²) in [7, 11) is 0.778. The molecule has 44 valence electrons. The van der Waals surface area contributed by atoms with E-state index in [0.717, 1.165) is 9.55 Å². The van der Waals surface area contributed by atoms with Crippen LogP contribution in [0, 0.1) is 0 Å². The maximum absolute atomic E-state index is 4.78. The summed E-state index contributed by atoms with van der Waals surface area (Å²) in [5.41, 5.74) is 0. The fourth-order valence-corrected chi connectivity index (χ4v) is 0.385. The summed E-state index contributed by atoms with van der Waals surface area (Å²) in [5.74, 6) is 0. The van der Waals surface area contributed by atoms with Crippen molar-refractivity contribution in [1.82, 2.24) is 0 Å². The van der Waals surface area contributed by atoms with Gasteiger partial charge in [-0.1, -0.05) is 36.4 Å². The lowest BCUT2D eigenvalue weighted by Crippen LogP contribution is -1.47. The SMILES string of the molecule is [SiH3]Cl.c1ccccc1. The number of hydrogen-bond acceptors (Lipinski definition) is 0. The molecule has 0 aliphatic carbocycles. The average molecular weight is 145 g/mol. The van der Waals surface area contributed by atoms with Crippen LogP contribution >= 0.6 is 11.1 Å². The molecule has 0 radical (unpaired) electrons. The molecule has 0 aromatic heterocycles. The lowest BCUT2D eigenvalue weighted by molar-refractivity contribution is 1.72. The topological polar surface area (TPSA) is 0 Å². The van der Waals surface area contributed by atoms with E-state index < -0.39 is 0 Å². The van der Waals surface area contributed by atoms with E-state index in [2.05, 4.69) is 0 Å². The fourth-order valence-electron chi connectivity index (χ4n) is 0.385. The van der Waals surface area contributed by atoms with Crippen LogP contribution in [0.4, 0.5) is 0 Å². The van der Waals surface area contributed by atoms with Crippen LogP contribution in [0.5, 0.6) is 0 Å². The Morgan fingerprint density at radius 1 is 0.625 bits per heavy atom. The maximum atomic E-state index is 4.78. The molecule has 0 N–H and O–H groups in total. The summed E-state index contributed by atoms with van der Waals surface area (Å²) in [6.07, 6.45) is 0. The summed E-state index contributed by atoms with van der Waals surface area (Å²) < 4.78 is 0. The first-order valence-electron chi connectivity index (χ1n) is 2.38. The van der Waals surface area contributed by atoms with Crippen molar-refractivity contribution in [3.05, 3.63) is 36.4 Å². The van der Waals surface area contributed by atoms with Gasteiger partial charge in [-0.2, -0.15) is 11.1 Å². The average Bonchev–Trinajstić information content (AvgIpc) is 1.96. The predicted octanol–water partition coefficient (Wildman–Crippen LogP) is 1.19. The second-order valence-corrected chi connectivity index (χ2v) is 1.15. The summed E-state index contributed by atoms with van der Waals surface area (Å²) in [5, 5.41) is 0. The standard InChI is InChI=1S/C6H6.ClH3Si/c1-2-4-6-5-3-1;1-2/h1-6H;2H3. The van der Waals surface area contributed by atoms with Crippen LogP contribution < -0.4 is 0 Å². The molecule has 0 heterocycles. The molecule has 0 amide bonds. The lowest BCUT2D eigenvalue weighted by atomic mass is 10.4. The second kappa shape index (κ2) is 6.73. The van der Waals surface area contributed by atoms with E-state index in [1.165, 1.54) is 0 Å². The highest BCUT2D eigenvalue weighted by atomic mass is 35.6. The second-order valence-electron chi connectivity index (χ2n) is 1.15. The van der Waals surface area contributed by atoms with Crippen molar-refractivity contribution in [2.45, 2.75) is 0 Å².